The molecule has 0 N–H and O–H groups in total. The number of hydrogen-bond acceptors (Lipinski definition) is 6. The molecule has 2 aliphatic heterocycles. The highest BCUT2D eigenvalue weighted by atomic mass is 79.9. The van der Waals surface area contributed by atoms with Crippen LogP contribution in [0.4, 0.5) is 0 Å². The van der Waals surface area contributed by atoms with Crippen molar-refractivity contribution in [1.29, 1.82) is 5.26 Å². The number of Topliss-reactive ketones (excluding diaryl/α,β-unsaturated/α-hetero) is 1. The second kappa shape index (κ2) is 17.2. The van der Waals surface area contributed by atoms with Crippen molar-refractivity contribution in [1.82, 2.24) is 0 Å². The fraction of sp³-hybridized carbons (Fsp3) is 0.237. The maximum atomic E-state index is 12.3. The van der Waals surface area contributed by atoms with Gasteiger partial charge in [-0.15, -0.1) is 0 Å². The van der Waals surface area contributed by atoms with E-state index in [9.17, 15) is 4.79 Å². The Bertz CT molecular complexity index is 1790. The number of rotatable bonds is 3. The van der Waals surface area contributed by atoms with Crippen molar-refractivity contribution in [2.45, 2.75) is 44.3 Å². The number of hydrogen-bond donors (Lipinski definition) is 0. The van der Waals surface area contributed by atoms with E-state index >= 15 is 0 Å². The van der Waals surface area contributed by atoms with Crippen molar-refractivity contribution in [2.24, 2.45) is 9.65 Å². The van der Waals surface area contributed by atoms with Crippen LogP contribution < -0.4 is 9.47 Å². The van der Waals surface area contributed by atoms with Gasteiger partial charge in [0, 0.05) is 39.2 Å². The second-order valence-corrected chi connectivity index (χ2v) is 18.4. The molecule has 47 heavy (non-hydrogen) atoms. The summed E-state index contributed by atoms with van der Waals surface area (Å²) in [5.74, 6) is 4.48. The molecule has 2 unspecified atom stereocenters. The predicted octanol–water partition coefficient (Wildman–Crippen LogP) is 10.2. The highest BCUT2D eigenvalue weighted by molar-refractivity contribution is 9.10. The van der Waals surface area contributed by atoms with Crippen molar-refractivity contribution in [3.05, 3.63) is 135 Å². The molecule has 2 heterocycles. The van der Waals surface area contributed by atoms with Gasteiger partial charge in [-0.05, 0) is 79.6 Å². The van der Waals surface area contributed by atoms with Crippen LogP contribution in [0.3, 0.4) is 0 Å². The molecule has 0 aromatic heterocycles. The van der Waals surface area contributed by atoms with Crippen molar-refractivity contribution in [2.75, 3.05) is 13.2 Å². The molecule has 4 aromatic rings. The lowest BCUT2D eigenvalue weighted by atomic mass is 9.92. The van der Waals surface area contributed by atoms with Crippen LogP contribution in [-0.4, -0.2) is 38.8 Å². The van der Waals surface area contributed by atoms with Gasteiger partial charge < -0.3 is 9.47 Å². The third-order valence-corrected chi connectivity index (χ3v) is 9.20. The Morgan fingerprint density at radius 2 is 1.26 bits per heavy atom. The predicted molar refractivity (Wildman–Crippen MR) is 200 cm³/mol. The van der Waals surface area contributed by atoms with E-state index in [-0.39, 0.29) is 17.6 Å². The maximum absolute atomic E-state index is 12.3. The molecular weight excluding hydrogens is 734 g/mol. The van der Waals surface area contributed by atoms with Crippen LogP contribution in [0.5, 0.6) is 11.5 Å². The van der Waals surface area contributed by atoms with E-state index in [4.69, 9.17) is 14.7 Å². The fourth-order valence-corrected chi connectivity index (χ4v) is 6.35. The fourth-order valence-electron chi connectivity index (χ4n) is 5.16. The summed E-state index contributed by atoms with van der Waals surface area (Å²) in [6.45, 7) is 11.0. The van der Waals surface area contributed by atoms with Crippen LogP contribution in [0.1, 0.15) is 51.7 Å². The summed E-state index contributed by atoms with van der Waals surface area (Å²) >= 11 is 6.86. The van der Waals surface area contributed by atoms with Gasteiger partial charge in [0.15, 0.2) is 14.0 Å². The third-order valence-electron chi connectivity index (χ3n) is 7.39. The number of carbonyl (C=O) groups excluding carboxylic acids is 1. The first kappa shape index (κ1) is 35.8. The first-order chi connectivity index (χ1) is 22.6. The lowest BCUT2D eigenvalue weighted by Crippen LogP contribution is -2.14. The van der Waals surface area contributed by atoms with Gasteiger partial charge in [0.1, 0.15) is 11.5 Å². The minimum atomic E-state index is -1.21. The molecule has 0 radical (unpaired) electrons. The molecule has 240 valence electrons. The Morgan fingerprint density at radius 3 is 1.72 bits per heavy atom. The van der Waals surface area contributed by atoms with Gasteiger partial charge >= 0.3 is 0 Å². The first-order valence-electron chi connectivity index (χ1n) is 15.3. The number of aliphatic imine (C=N–C) groups is 1. The molecule has 0 saturated heterocycles. The molecule has 6 nitrogen and oxygen atoms in total. The Hall–Kier alpha value is -4.06. The Balaban J connectivity index is 0.000000178. The molecule has 9 heteroatoms. The summed E-state index contributed by atoms with van der Waals surface area (Å²) in [6.07, 6.45) is 3.10. The molecule has 0 fully saturated rings. The van der Waals surface area contributed by atoms with Crippen LogP contribution in [-0.2, 0) is 0 Å². The minimum Gasteiger partial charge on any atom is -0.492 e. The third kappa shape index (κ3) is 10.7. The Morgan fingerprint density at radius 1 is 0.766 bits per heavy atom. The molecule has 0 spiro atoms. The molecular formula is C38H37Br2N3O3Si. The first-order valence-corrected chi connectivity index (χ1v) is 20.3. The summed E-state index contributed by atoms with van der Waals surface area (Å²) < 4.78 is 17.6. The highest BCUT2D eigenvalue weighted by Crippen LogP contribution is 2.34. The van der Waals surface area contributed by atoms with E-state index < -0.39 is 8.24 Å². The zero-order chi connectivity index (χ0) is 33.8. The largest absolute Gasteiger partial charge is 0.492 e. The van der Waals surface area contributed by atoms with Crippen molar-refractivity contribution < 1.29 is 14.3 Å². The highest BCUT2D eigenvalue weighted by Gasteiger charge is 2.25. The Labute approximate surface area is 295 Å². The van der Waals surface area contributed by atoms with E-state index in [1.807, 2.05) is 91.1 Å². The number of carbonyl (C=O) groups is 1. The number of ketones is 1. The monoisotopic (exact) mass is 769 g/mol. The summed E-state index contributed by atoms with van der Waals surface area (Å²) in [5, 5.41) is 8.97. The van der Waals surface area contributed by atoms with Gasteiger partial charge in [0.05, 0.1) is 24.5 Å². The number of ether oxygens (including phenoxy) is 2. The number of nitrogens with zero attached hydrogens (tertiary/aromatic N) is 3. The molecule has 6 rings (SSSR count). The quantitative estimate of drug-likeness (QED) is 0.118. The smallest absolute Gasteiger partial charge is 0.205 e. The summed E-state index contributed by atoms with van der Waals surface area (Å²) in [4.78, 5) is 16.4. The van der Waals surface area contributed by atoms with Crippen LogP contribution >= 0.6 is 31.9 Å². The van der Waals surface area contributed by atoms with E-state index in [0.29, 0.717) is 37.4 Å². The SMILES string of the molecule is C=C=N[Si](C)(C)C.N#CN=C1CC(c2ccccc2)COc2ccc(Br)cc21.O=C1CC(c2ccccc2)COc2ccc(Br)cc21. The average Bonchev–Trinajstić information content (AvgIpc) is 3.34. The van der Waals surface area contributed by atoms with Gasteiger partial charge in [-0.25, -0.2) is 0 Å². The van der Waals surface area contributed by atoms with E-state index in [2.05, 4.69) is 85.7 Å². The number of halogens is 2. The summed E-state index contributed by atoms with van der Waals surface area (Å²) in [5.41, 5.74) is 4.70. The van der Waals surface area contributed by atoms with Crippen LogP contribution in [0.15, 0.2) is 122 Å². The zero-order valence-corrected chi connectivity index (χ0v) is 30.9. The zero-order valence-electron chi connectivity index (χ0n) is 26.8. The van der Waals surface area contributed by atoms with Gasteiger partial charge in [0.25, 0.3) is 0 Å². The van der Waals surface area contributed by atoms with Crippen LogP contribution in [0.25, 0.3) is 0 Å². The summed E-state index contributed by atoms with van der Waals surface area (Å²) in [7, 11) is -1.21. The lowest BCUT2D eigenvalue weighted by molar-refractivity contribution is 0.0976. The van der Waals surface area contributed by atoms with Gasteiger partial charge in [0.2, 0.25) is 6.19 Å². The van der Waals surface area contributed by atoms with Gasteiger partial charge in [-0.2, -0.15) is 10.3 Å². The minimum absolute atomic E-state index is 0.125. The normalized spacial score (nSPS) is 17.5. The van der Waals surface area contributed by atoms with Crippen molar-refractivity contribution >= 4 is 57.5 Å². The standard InChI is InChI=1S/C17H13BrN2O.C16H13BrO2.C5H11NSi/c18-14-6-7-17-15(9-14)16(20-11-19)8-13(10-21-17)12-4-2-1-3-5-12;17-13-6-7-16-14(9-13)15(18)8-12(10-19-16)11-4-2-1-3-5-11;1-5-6-7(2,3)4/h1-7,9,13H,8,10H2;1-7,9,12H,8,10H2;1H2,2-4H3. The van der Waals surface area contributed by atoms with Crippen molar-refractivity contribution in [3.63, 3.8) is 0 Å². The number of benzene rings is 4. The number of fused-ring (bicyclic) bond motifs is 2. The number of nitriles is 1. The molecule has 0 bridgehead atoms. The average molecular weight is 772 g/mol. The second-order valence-electron chi connectivity index (χ2n) is 12.0. The molecule has 0 saturated carbocycles. The van der Waals surface area contributed by atoms with E-state index in [1.165, 1.54) is 5.56 Å². The van der Waals surface area contributed by atoms with Crippen LogP contribution in [0.2, 0.25) is 19.6 Å². The van der Waals surface area contributed by atoms with Crippen LogP contribution in [0, 0.1) is 11.5 Å². The molecule has 4 aromatic carbocycles. The topological polar surface area (TPSA) is 84.0 Å². The molecule has 2 aliphatic rings. The van der Waals surface area contributed by atoms with Crippen molar-refractivity contribution in [3.8, 4) is 17.7 Å². The van der Waals surface area contributed by atoms with Gasteiger partial charge in [-0.3, -0.25) is 9.45 Å². The van der Waals surface area contributed by atoms with E-state index in [1.54, 1.807) is 0 Å². The Kier molecular flexibility index (Phi) is 13.1. The van der Waals surface area contributed by atoms with Gasteiger partial charge in [-0.1, -0.05) is 92.5 Å². The molecule has 0 amide bonds. The lowest BCUT2D eigenvalue weighted by Gasteiger charge is -2.14. The summed E-state index contributed by atoms with van der Waals surface area (Å²) in [6, 6.07) is 31.7. The molecule has 0 aliphatic carbocycles. The maximum Gasteiger partial charge on any atom is 0.205 e. The molecule has 2 atom stereocenters. The van der Waals surface area contributed by atoms with E-state index in [0.717, 1.165) is 31.5 Å².